The molecule has 2 unspecified atom stereocenters. The Balaban J connectivity index is 2.80. The molecule has 4 nitrogen and oxygen atoms in total. The van der Waals surface area contributed by atoms with Crippen LogP contribution < -0.4 is 10.6 Å². The lowest BCUT2D eigenvalue weighted by Crippen LogP contribution is -2.44. The predicted octanol–water partition coefficient (Wildman–Crippen LogP) is 2.84. The Morgan fingerprint density at radius 3 is 2.24 bits per heavy atom. The van der Waals surface area contributed by atoms with Crippen molar-refractivity contribution in [2.45, 2.75) is 38.6 Å². The van der Waals surface area contributed by atoms with E-state index in [0.29, 0.717) is 18.5 Å². The van der Waals surface area contributed by atoms with E-state index in [1.165, 1.54) is 12.1 Å². The SMILES string of the molecule is CCNC(=O)NC(CC)C(O)c1ccc(C(F)(F)F)cc1. The van der Waals surface area contributed by atoms with E-state index in [1.807, 2.05) is 0 Å². The number of urea groups is 1. The predicted molar refractivity (Wildman–Crippen MR) is 72.7 cm³/mol. The maximum Gasteiger partial charge on any atom is 0.416 e. The molecular weight excluding hydrogens is 285 g/mol. The van der Waals surface area contributed by atoms with Gasteiger partial charge in [-0.2, -0.15) is 13.2 Å². The van der Waals surface area contributed by atoms with Gasteiger partial charge in [0.1, 0.15) is 0 Å². The molecule has 0 aliphatic heterocycles. The van der Waals surface area contributed by atoms with Gasteiger partial charge in [0.25, 0.3) is 0 Å². The molecule has 0 fully saturated rings. The molecule has 0 heterocycles. The number of nitrogens with one attached hydrogen (secondary N) is 2. The second-order valence-electron chi connectivity index (χ2n) is 4.58. The molecule has 0 aromatic heterocycles. The number of hydrogen-bond donors (Lipinski definition) is 3. The second kappa shape index (κ2) is 7.31. The summed E-state index contributed by atoms with van der Waals surface area (Å²) in [6, 6.07) is 3.27. The lowest BCUT2D eigenvalue weighted by atomic mass is 9.99. The monoisotopic (exact) mass is 304 g/mol. The third-order valence-corrected chi connectivity index (χ3v) is 3.05. The maximum atomic E-state index is 12.5. The number of alkyl halides is 3. The first-order chi connectivity index (χ1) is 9.79. The summed E-state index contributed by atoms with van der Waals surface area (Å²) >= 11 is 0. The van der Waals surface area contributed by atoms with Crippen molar-refractivity contribution in [3.05, 3.63) is 35.4 Å². The summed E-state index contributed by atoms with van der Waals surface area (Å²) in [5.41, 5.74) is -0.449. The lowest BCUT2D eigenvalue weighted by molar-refractivity contribution is -0.137. The van der Waals surface area contributed by atoms with Crippen molar-refractivity contribution >= 4 is 6.03 Å². The van der Waals surface area contributed by atoms with Crippen LogP contribution in [-0.4, -0.2) is 23.7 Å². The van der Waals surface area contributed by atoms with Crippen LogP contribution in [0.2, 0.25) is 0 Å². The Morgan fingerprint density at radius 2 is 1.81 bits per heavy atom. The molecule has 21 heavy (non-hydrogen) atoms. The van der Waals surface area contributed by atoms with E-state index >= 15 is 0 Å². The van der Waals surface area contributed by atoms with Gasteiger partial charge in [0, 0.05) is 6.54 Å². The fourth-order valence-corrected chi connectivity index (χ4v) is 1.89. The van der Waals surface area contributed by atoms with Crippen LogP contribution in [0.25, 0.3) is 0 Å². The highest BCUT2D eigenvalue weighted by Crippen LogP contribution is 2.30. The van der Waals surface area contributed by atoms with Gasteiger partial charge in [0.05, 0.1) is 17.7 Å². The van der Waals surface area contributed by atoms with Gasteiger partial charge in [-0.15, -0.1) is 0 Å². The zero-order chi connectivity index (χ0) is 16.0. The van der Waals surface area contributed by atoms with Crippen LogP contribution in [0.3, 0.4) is 0 Å². The molecule has 2 atom stereocenters. The molecule has 118 valence electrons. The van der Waals surface area contributed by atoms with Crippen LogP contribution in [0, 0.1) is 0 Å². The molecule has 0 aliphatic rings. The zero-order valence-electron chi connectivity index (χ0n) is 11.9. The molecule has 7 heteroatoms. The summed E-state index contributed by atoms with van der Waals surface area (Å²) < 4.78 is 37.4. The van der Waals surface area contributed by atoms with Crippen LogP contribution in [0.4, 0.5) is 18.0 Å². The van der Waals surface area contributed by atoms with Crippen molar-refractivity contribution in [2.75, 3.05) is 6.54 Å². The van der Waals surface area contributed by atoms with E-state index < -0.39 is 29.9 Å². The van der Waals surface area contributed by atoms with Crippen molar-refractivity contribution < 1.29 is 23.1 Å². The molecule has 0 saturated heterocycles. The number of halogens is 3. The van der Waals surface area contributed by atoms with Gasteiger partial charge in [0.2, 0.25) is 0 Å². The quantitative estimate of drug-likeness (QED) is 0.783. The summed E-state index contributed by atoms with van der Waals surface area (Å²) in [6.45, 7) is 3.97. The van der Waals surface area contributed by atoms with Crippen molar-refractivity contribution in [3.8, 4) is 0 Å². The van der Waals surface area contributed by atoms with Crippen molar-refractivity contribution in [1.82, 2.24) is 10.6 Å². The molecule has 0 saturated carbocycles. The number of hydrogen-bond acceptors (Lipinski definition) is 2. The standard InChI is InChI=1S/C14H19F3N2O2/c1-3-11(19-13(21)18-4-2)12(20)9-5-7-10(8-6-9)14(15,16)17/h5-8,11-12,20H,3-4H2,1-2H3,(H2,18,19,21). The number of aliphatic hydroxyl groups excluding tert-OH is 1. The molecule has 1 aromatic rings. The van der Waals surface area contributed by atoms with Gasteiger partial charge >= 0.3 is 12.2 Å². The van der Waals surface area contributed by atoms with Crippen LogP contribution in [0.15, 0.2) is 24.3 Å². The average Bonchev–Trinajstić information content (AvgIpc) is 2.43. The van der Waals surface area contributed by atoms with E-state index in [4.69, 9.17) is 0 Å². The molecule has 0 spiro atoms. The third kappa shape index (κ3) is 4.93. The molecule has 0 radical (unpaired) electrons. The number of carbonyl (C=O) groups excluding carboxylic acids is 1. The highest BCUT2D eigenvalue weighted by atomic mass is 19.4. The van der Waals surface area contributed by atoms with Gasteiger partial charge in [-0.3, -0.25) is 0 Å². The van der Waals surface area contributed by atoms with E-state index in [1.54, 1.807) is 13.8 Å². The third-order valence-electron chi connectivity index (χ3n) is 3.05. The summed E-state index contributed by atoms with van der Waals surface area (Å²) in [5, 5.41) is 15.3. The van der Waals surface area contributed by atoms with Crippen LogP contribution in [0.5, 0.6) is 0 Å². The van der Waals surface area contributed by atoms with Crippen LogP contribution >= 0.6 is 0 Å². The van der Waals surface area contributed by atoms with Crippen molar-refractivity contribution in [3.63, 3.8) is 0 Å². The smallest absolute Gasteiger partial charge is 0.386 e. The fraction of sp³-hybridized carbons (Fsp3) is 0.500. The highest BCUT2D eigenvalue weighted by molar-refractivity contribution is 5.74. The van der Waals surface area contributed by atoms with E-state index in [2.05, 4.69) is 10.6 Å². The Bertz CT molecular complexity index is 460. The van der Waals surface area contributed by atoms with Crippen molar-refractivity contribution in [1.29, 1.82) is 0 Å². The number of rotatable bonds is 5. The largest absolute Gasteiger partial charge is 0.416 e. The Labute approximate surface area is 121 Å². The van der Waals surface area contributed by atoms with Crippen LogP contribution in [0.1, 0.15) is 37.5 Å². The molecule has 3 N–H and O–H groups in total. The lowest BCUT2D eigenvalue weighted by Gasteiger charge is -2.23. The normalized spacial score (nSPS) is 14.4. The fourth-order valence-electron chi connectivity index (χ4n) is 1.89. The minimum atomic E-state index is -4.41. The van der Waals surface area contributed by atoms with E-state index in [0.717, 1.165) is 12.1 Å². The van der Waals surface area contributed by atoms with E-state index in [9.17, 15) is 23.1 Å². The van der Waals surface area contributed by atoms with Gasteiger partial charge in [-0.25, -0.2) is 4.79 Å². The Morgan fingerprint density at radius 1 is 1.24 bits per heavy atom. The molecule has 1 aromatic carbocycles. The Hall–Kier alpha value is -1.76. The Kier molecular flexibility index (Phi) is 6.02. The summed E-state index contributed by atoms with van der Waals surface area (Å²) in [7, 11) is 0. The summed E-state index contributed by atoms with van der Waals surface area (Å²) in [4.78, 5) is 11.5. The molecule has 2 amide bonds. The summed E-state index contributed by atoms with van der Waals surface area (Å²) in [5.74, 6) is 0. The molecular formula is C14H19F3N2O2. The minimum Gasteiger partial charge on any atom is -0.386 e. The number of carbonyl (C=O) groups is 1. The summed E-state index contributed by atoms with van der Waals surface area (Å²) in [6.07, 6.45) is -5.04. The zero-order valence-corrected chi connectivity index (χ0v) is 11.9. The van der Waals surface area contributed by atoms with Gasteiger partial charge in [-0.05, 0) is 31.0 Å². The first-order valence-corrected chi connectivity index (χ1v) is 6.69. The number of amides is 2. The number of benzene rings is 1. The first-order valence-electron chi connectivity index (χ1n) is 6.69. The van der Waals surface area contributed by atoms with Crippen LogP contribution in [-0.2, 0) is 6.18 Å². The van der Waals surface area contributed by atoms with E-state index in [-0.39, 0.29) is 0 Å². The number of aliphatic hydroxyl groups is 1. The molecule has 0 bridgehead atoms. The molecule has 1 rings (SSSR count). The van der Waals surface area contributed by atoms with Gasteiger partial charge in [0.15, 0.2) is 0 Å². The molecule has 0 aliphatic carbocycles. The average molecular weight is 304 g/mol. The maximum absolute atomic E-state index is 12.5. The highest BCUT2D eigenvalue weighted by Gasteiger charge is 2.30. The minimum absolute atomic E-state index is 0.326. The van der Waals surface area contributed by atoms with Crippen molar-refractivity contribution in [2.24, 2.45) is 0 Å². The topological polar surface area (TPSA) is 61.4 Å². The van der Waals surface area contributed by atoms with Gasteiger partial charge in [-0.1, -0.05) is 19.1 Å². The van der Waals surface area contributed by atoms with Gasteiger partial charge < -0.3 is 15.7 Å². The first kappa shape index (κ1) is 17.3. The second-order valence-corrected chi connectivity index (χ2v) is 4.58.